The van der Waals surface area contributed by atoms with Crippen LogP contribution in [0.25, 0.3) is 0 Å². The molecule has 74 valence electrons. The summed E-state index contributed by atoms with van der Waals surface area (Å²) in [7, 11) is 21.6. The van der Waals surface area contributed by atoms with Crippen LogP contribution in [-0.2, 0) is 0 Å². The summed E-state index contributed by atoms with van der Waals surface area (Å²) in [6, 6.07) is 0. The predicted octanol–water partition coefficient (Wildman–Crippen LogP) is -0.294. The first-order valence-electron chi connectivity index (χ1n) is 4.64. The highest BCUT2D eigenvalue weighted by Gasteiger charge is 2.13. The largest absolute Gasteiger partial charge is 1.00 e. The molecule has 13 heavy (non-hydrogen) atoms. The van der Waals surface area contributed by atoms with Gasteiger partial charge in [0.2, 0.25) is 0 Å². The third-order valence-corrected chi connectivity index (χ3v) is 2.18. The molecule has 10 radical (unpaired) electrons. The fourth-order valence-corrected chi connectivity index (χ4v) is 1.02. The van der Waals surface area contributed by atoms with E-state index in [4.69, 9.17) is 15.5 Å². The Morgan fingerprint density at radius 3 is 2.54 bits per heavy atom. The molecule has 0 nitrogen and oxygen atoms in total. The van der Waals surface area contributed by atoms with Gasteiger partial charge < -0.3 is 15.7 Å². The zero-order valence-electron chi connectivity index (χ0n) is 19.5. The fourth-order valence-electron chi connectivity index (χ4n) is 1.02. The van der Waals surface area contributed by atoms with E-state index < -0.39 is 0 Å². The molecule has 0 aliphatic carbocycles. The Kier molecular flexibility index (Phi) is 9.56. The van der Waals surface area contributed by atoms with Crippen molar-refractivity contribution in [1.82, 2.24) is 0 Å². The van der Waals surface area contributed by atoms with E-state index in [0.29, 0.717) is 12.4 Å². The Hall–Kier alpha value is 0.584. The van der Waals surface area contributed by atoms with E-state index in [9.17, 15) is 0 Å². The van der Waals surface area contributed by atoms with Crippen LogP contribution < -0.4 is 0 Å². The van der Waals surface area contributed by atoms with Gasteiger partial charge in [-0.2, -0.15) is 0 Å². The molecule has 1 atom stereocenters. The minimum absolute atomic E-state index is 0. The molecule has 0 heterocycles. The molecule has 0 rings (SSSR count). The Morgan fingerprint density at radius 1 is 1.31 bits per heavy atom. The van der Waals surface area contributed by atoms with Crippen molar-refractivity contribution in [2.75, 3.05) is 0 Å². The molecule has 1 unspecified atom stereocenters. The van der Waals surface area contributed by atoms with Gasteiger partial charge in [-0.05, 0) is 0 Å². The van der Waals surface area contributed by atoms with Crippen molar-refractivity contribution in [2.45, 2.75) is 25.9 Å². The second-order valence-electron chi connectivity index (χ2n) is 3.27. The molecular formula is C4H20B9-11. The quantitative estimate of drug-likeness (QED) is 0.342. The maximum Gasteiger partial charge on any atom is 0.0895 e. The SMILES string of the molecule is [B][B][B][B][B]CC(C)B(C)[B][B][B].[H-].[H-].[H-].[H-].[H-].[H-].[H-].[H-].[H-].[H-].[H-]. The monoisotopic (exact) mass is 167 g/mol. The number of hydrogen-bond donors (Lipinski definition) is 0. The van der Waals surface area contributed by atoms with Crippen LogP contribution in [-0.4, -0.2) is 64.6 Å². The average Bonchev–Trinajstić information content (AvgIpc) is 2.12. The lowest BCUT2D eigenvalue weighted by Gasteiger charge is -2.15. The maximum atomic E-state index is 5.32. The molecule has 0 aliphatic heterocycles. The predicted molar refractivity (Wildman–Crippen MR) is 84.1 cm³/mol. The van der Waals surface area contributed by atoms with Crippen LogP contribution in [0.5, 0.6) is 0 Å². The zero-order chi connectivity index (χ0) is 10.1. The van der Waals surface area contributed by atoms with E-state index in [0.717, 1.165) is 6.32 Å². The summed E-state index contributed by atoms with van der Waals surface area (Å²) < 4.78 is 0. The van der Waals surface area contributed by atoms with Crippen molar-refractivity contribution in [3.05, 3.63) is 0 Å². The van der Waals surface area contributed by atoms with Crippen LogP contribution in [0, 0.1) is 0 Å². The van der Waals surface area contributed by atoms with Crippen molar-refractivity contribution in [1.29, 1.82) is 0 Å². The third-order valence-electron chi connectivity index (χ3n) is 2.18. The van der Waals surface area contributed by atoms with Gasteiger partial charge in [-0.1, -0.05) is 25.9 Å². The molecule has 0 amide bonds. The van der Waals surface area contributed by atoms with Gasteiger partial charge in [-0.3, -0.25) is 0 Å². The number of rotatable bonds is 8. The first-order chi connectivity index (χ1) is 6.22. The van der Waals surface area contributed by atoms with Gasteiger partial charge in [0.05, 0.1) is 13.8 Å². The van der Waals surface area contributed by atoms with Gasteiger partial charge in [0.15, 0.2) is 0 Å². The van der Waals surface area contributed by atoms with Gasteiger partial charge in [-0.25, -0.2) is 0 Å². The summed E-state index contributed by atoms with van der Waals surface area (Å²) in [5, 5.41) is 0. The Bertz CT molecular complexity index is 132. The normalized spacial score (nSPS) is 10.9. The molecule has 0 N–H and O–H groups in total. The molecule has 0 aliphatic rings. The molecule has 0 spiro atoms. The zero-order valence-corrected chi connectivity index (χ0v) is 8.48. The summed E-state index contributed by atoms with van der Waals surface area (Å²) >= 11 is 0. The summed E-state index contributed by atoms with van der Waals surface area (Å²) in [6.07, 6.45) is 1.05. The van der Waals surface area contributed by atoms with Crippen LogP contribution >= 0.6 is 0 Å². The standard InChI is InChI=1S/C4H9B9.11H/c1-4(13(2)12-9-6)3-7-10-11-8-5;;;;;;;;;;;/h4H,3H2,1-2H3;;;;;;;;;;;/q;11*-1. The summed E-state index contributed by atoms with van der Waals surface area (Å²) in [6.45, 7) is 4.90. The Balaban J connectivity index is -0.0000000131. The van der Waals surface area contributed by atoms with Gasteiger partial charge >= 0.3 is 0 Å². The Morgan fingerprint density at radius 2 is 2.00 bits per heavy atom. The molecule has 0 aromatic rings. The highest BCUT2D eigenvalue weighted by Crippen LogP contribution is 2.12. The molecule has 0 aromatic heterocycles. The second kappa shape index (κ2) is 9.15. The lowest BCUT2D eigenvalue weighted by Crippen LogP contribution is -2.30. The summed E-state index contributed by atoms with van der Waals surface area (Å²) in [4.78, 5) is 0. The van der Waals surface area contributed by atoms with Crippen molar-refractivity contribution in [2.24, 2.45) is 0 Å². The average molecular weight is 166 g/mol. The van der Waals surface area contributed by atoms with Gasteiger partial charge in [0, 0.05) is 50.8 Å². The fraction of sp³-hybridized carbons (Fsp3) is 1.00. The van der Waals surface area contributed by atoms with Crippen LogP contribution in [0.3, 0.4) is 0 Å². The maximum absolute atomic E-state index is 5.32. The van der Waals surface area contributed by atoms with E-state index in [-0.39, 0.29) is 15.7 Å². The minimum atomic E-state index is 0. The lowest BCUT2D eigenvalue weighted by atomic mass is 9.00. The van der Waals surface area contributed by atoms with Gasteiger partial charge in [0.1, 0.15) is 0 Å². The van der Waals surface area contributed by atoms with Crippen molar-refractivity contribution >= 4 is 64.6 Å². The molecule has 0 bridgehead atoms. The molecule has 0 saturated carbocycles. The number of hydrogen-bond acceptors (Lipinski definition) is 0. The first kappa shape index (κ1) is 13.6. The van der Waals surface area contributed by atoms with E-state index in [1.165, 1.54) is 7.06 Å². The Labute approximate surface area is 107 Å². The van der Waals surface area contributed by atoms with Crippen LogP contribution in [0.2, 0.25) is 19.0 Å². The smallest absolute Gasteiger partial charge is 0.0895 e. The van der Waals surface area contributed by atoms with Crippen LogP contribution in [0.4, 0.5) is 0 Å². The topological polar surface area (TPSA) is 0 Å². The van der Waals surface area contributed by atoms with Gasteiger partial charge in [-0.15, -0.1) is 0 Å². The van der Waals surface area contributed by atoms with Crippen LogP contribution in [0.1, 0.15) is 22.6 Å². The second-order valence-corrected chi connectivity index (χ2v) is 3.27. The van der Waals surface area contributed by atoms with E-state index >= 15 is 0 Å². The molecular weight excluding hydrogens is 145 g/mol. The van der Waals surface area contributed by atoms with E-state index in [1.54, 1.807) is 7.06 Å². The van der Waals surface area contributed by atoms with Crippen LogP contribution in [0.15, 0.2) is 0 Å². The molecule has 9 heteroatoms. The van der Waals surface area contributed by atoms with Crippen molar-refractivity contribution < 1.29 is 15.7 Å². The molecule has 0 fully saturated rings. The van der Waals surface area contributed by atoms with Gasteiger partial charge in [0.25, 0.3) is 0 Å². The summed E-state index contributed by atoms with van der Waals surface area (Å²) in [5.41, 5.74) is 0. The first-order valence-corrected chi connectivity index (χ1v) is 4.64. The van der Waals surface area contributed by atoms with E-state index in [2.05, 4.69) is 20.9 Å². The lowest BCUT2D eigenvalue weighted by molar-refractivity contribution is 1.05. The van der Waals surface area contributed by atoms with Crippen molar-refractivity contribution in [3.63, 3.8) is 0 Å². The molecule has 0 saturated heterocycles. The summed E-state index contributed by atoms with van der Waals surface area (Å²) in [5.74, 6) is 0.613. The van der Waals surface area contributed by atoms with E-state index in [1.807, 2.05) is 21.2 Å². The highest BCUT2D eigenvalue weighted by atomic mass is 13.8. The minimum Gasteiger partial charge on any atom is -1.00 e. The van der Waals surface area contributed by atoms with Crippen molar-refractivity contribution in [3.8, 4) is 0 Å². The third kappa shape index (κ3) is 7.64. The highest BCUT2D eigenvalue weighted by molar-refractivity contribution is 7.51. The molecule has 0 aromatic carbocycles.